The SMILES string of the molecule is COc1ccc(COc2c(F)cccc2F)cc1Br. The van der Waals surface area contributed by atoms with E-state index < -0.39 is 11.6 Å². The summed E-state index contributed by atoms with van der Waals surface area (Å²) in [5, 5.41) is 0. The number of para-hydroxylation sites is 1. The van der Waals surface area contributed by atoms with Gasteiger partial charge in [-0.25, -0.2) is 8.78 Å². The van der Waals surface area contributed by atoms with Crippen LogP contribution < -0.4 is 9.47 Å². The second-order valence-electron chi connectivity index (χ2n) is 3.81. The largest absolute Gasteiger partial charge is 0.496 e. The molecule has 0 saturated carbocycles. The second kappa shape index (κ2) is 6.02. The van der Waals surface area contributed by atoms with E-state index >= 15 is 0 Å². The normalized spacial score (nSPS) is 10.3. The molecule has 0 radical (unpaired) electrons. The molecule has 0 spiro atoms. The molecule has 0 unspecified atom stereocenters. The van der Waals surface area contributed by atoms with E-state index in [1.807, 2.05) is 0 Å². The van der Waals surface area contributed by atoms with Gasteiger partial charge in [-0.3, -0.25) is 0 Å². The number of rotatable bonds is 4. The zero-order valence-electron chi connectivity index (χ0n) is 10.1. The van der Waals surface area contributed by atoms with Gasteiger partial charge in [0.05, 0.1) is 11.6 Å². The summed E-state index contributed by atoms with van der Waals surface area (Å²) in [6.07, 6.45) is 0. The second-order valence-corrected chi connectivity index (χ2v) is 4.66. The third kappa shape index (κ3) is 3.23. The van der Waals surface area contributed by atoms with Crippen molar-refractivity contribution in [3.05, 3.63) is 58.1 Å². The van der Waals surface area contributed by atoms with Crippen LogP contribution in [0.15, 0.2) is 40.9 Å². The Balaban J connectivity index is 2.13. The van der Waals surface area contributed by atoms with Gasteiger partial charge in [-0.1, -0.05) is 12.1 Å². The molecule has 0 amide bonds. The predicted octanol–water partition coefficient (Wildman–Crippen LogP) is 4.31. The summed E-state index contributed by atoms with van der Waals surface area (Å²) in [7, 11) is 1.56. The highest BCUT2D eigenvalue weighted by molar-refractivity contribution is 9.10. The maximum atomic E-state index is 13.4. The quantitative estimate of drug-likeness (QED) is 0.832. The van der Waals surface area contributed by atoms with E-state index in [-0.39, 0.29) is 12.4 Å². The van der Waals surface area contributed by atoms with Crippen molar-refractivity contribution in [3.63, 3.8) is 0 Å². The van der Waals surface area contributed by atoms with Crippen molar-refractivity contribution in [3.8, 4) is 11.5 Å². The summed E-state index contributed by atoms with van der Waals surface area (Å²) in [5.41, 5.74) is 0.773. The van der Waals surface area contributed by atoms with Crippen LogP contribution in [-0.2, 0) is 6.61 Å². The molecular weight excluding hydrogens is 318 g/mol. The lowest BCUT2D eigenvalue weighted by atomic mass is 10.2. The van der Waals surface area contributed by atoms with E-state index in [0.717, 1.165) is 22.2 Å². The Labute approximate surface area is 118 Å². The van der Waals surface area contributed by atoms with Crippen LogP contribution in [0, 0.1) is 11.6 Å². The molecule has 0 heterocycles. The van der Waals surface area contributed by atoms with E-state index in [1.54, 1.807) is 25.3 Å². The van der Waals surface area contributed by atoms with Crippen LogP contribution in [0.25, 0.3) is 0 Å². The van der Waals surface area contributed by atoms with Crippen molar-refractivity contribution in [1.82, 2.24) is 0 Å². The summed E-state index contributed by atoms with van der Waals surface area (Å²) in [6.45, 7) is 0.0699. The Kier molecular flexibility index (Phi) is 4.37. The molecule has 0 bridgehead atoms. The van der Waals surface area contributed by atoms with Gasteiger partial charge in [-0.05, 0) is 45.8 Å². The zero-order chi connectivity index (χ0) is 13.8. The number of hydrogen-bond acceptors (Lipinski definition) is 2. The Bertz CT molecular complexity index is 567. The average molecular weight is 329 g/mol. The summed E-state index contributed by atoms with van der Waals surface area (Å²) in [5.74, 6) is -1.12. The molecule has 5 heteroatoms. The van der Waals surface area contributed by atoms with E-state index in [1.165, 1.54) is 6.07 Å². The Morgan fingerprint density at radius 3 is 2.37 bits per heavy atom. The number of benzene rings is 2. The van der Waals surface area contributed by atoms with Crippen molar-refractivity contribution < 1.29 is 18.3 Å². The van der Waals surface area contributed by atoms with Gasteiger partial charge in [0.2, 0.25) is 0 Å². The fraction of sp³-hybridized carbons (Fsp3) is 0.143. The molecular formula is C14H11BrF2O2. The first-order valence-electron chi connectivity index (χ1n) is 5.51. The molecule has 0 atom stereocenters. The van der Waals surface area contributed by atoms with E-state index in [2.05, 4.69) is 15.9 Å². The van der Waals surface area contributed by atoms with Crippen LogP contribution in [0.2, 0.25) is 0 Å². The molecule has 0 aliphatic rings. The van der Waals surface area contributed by atoms with Crippen molar-refractivity contribution in [2.45, 2.75) is 6.61 Å². The summed E-state index contributed by atoms with van der Waals surface area (Å²) >= 11 is 3.33. The van der Waals surface area contributed by atoms with Gasteiger partial charge in [-0.15, -0.1) is 0 Å². The van der Waals surface area contributed by atoms with Crippen LogP contribution in [0.5, 0.6) is 11.5 Å². The first-order valence-corrected chi connectivity index (χ1v) is 6.30. The lowest BCUT2D eigenvalue weighted by Crippen LogP contribution is -2.00. The minimum atomic E-state index is -0.715. The zero-order valence-corrected chi connectivity index (χ0v) is 11.7. The number of ether oxygens (including phenoxy) is 2. The Morgan fingerprint density at radius 1 is 1.11 bits per heavy atom. The van der Waals surface area contributed by atoms with Crippen LogP contribution in [-0.4, -0.2) is 7.11 Å². The van der Waals surface area contributed by atoms with E-state index in [4.69, 9.17) is 9.47 Å². The van der Waals surface area contributed by atoms with Gasteiger partial charge in [0.1, 0.15) is 12.4 Å². The highest BCUT2D eigenvalue weighted by Gasteiger charge is 2.10. The van der Waals surface area contributed by atoms with Gasteiger partial charge in [-0.2, -0.15) is 0 Å². The summed E-state index contributed by atoms with van der Waals surface area (Å²) < 4.78 is 37.7. The van der Waals surface area contributed by atoms with Crippen LogP contribution in [0.4, 0.5) is 8.78 Å². The average Bonchev–Trinajstić information content (AvgIpc) is 2.38. The Hall–Kier alpha value is -1.62. The molecule has 0 aliphatic carbocycles. The van der Waals surface area contributed by atoms with Gasteiger partial charge in [0, 0.05) is 0 Å². The van der Waals surface area contributed by atoms with Crippen LogP contribution in [0.3, 0.4) is 0 Å². The Morgan fingerprint density at radius 2 is 1.79 bits per heavy atom. The molecule has 0 aliphatic heterocycles. The molecule has 0 N–H and O–H groups in total. The van der Waals surface area contributed by atoms with E-state index in [0.29, 0.717) is 5.75 Å². The van der Waals surface area contributed by atoms with Crippen molar-refractivity contribution in [2.24, 2.45) is 0 Å². The highest BCUT2D eigenvalue weighted by atomic mass is 79.9. The molecule has 0 fully saturated rings. The smallest absolute Gasteiger partial charge is 0.191 e. The van der Waals surface area contributed by atoms with Gasteiger partial charge >= 0.3 is 0 Å². The van der Waals surface area contributed by atoms with Gasteiger partial charge < -0.3 is 9.47 Å². The van der Waals surface area contributed by atoms with Crippen LogP contribution in [0.1, 0.15) is 5.56 Å². The third-order valence-corrected chi connectivity index (χ3v) is 3.14. The minimum absolute atomic E-state index is 0.0699. The van der Waals surface area contributed by atoms with Crippen molar-refractivity contribution in [1.29, 1.82) is 0 Å². The molecule has 100 valence electrons. The lowest BCUT2D eigenvalue weighted by Gasteiger charge is -2.09. The van der Waals surface area contributed by atoms with Crippen molar-refractivity contribution >= 4 is 15.9 Å². The number of methoxy groups -OCH3 is 1. The predicted molar refractivity (Wildman–Crippen MR) is 71.4 cm³/mol. The standard InChI is InChI=1S/C14H11BrF2O2/c1-18-13-6-5-9(7-10(13)15)8-19-14-11(16)3-2-4-12(14)17/h2-7H,8H2,1H3. The van der Waals surface area contributed by atoms with Crippen molar-refractivity contribution in [2.75, 3.05) is 7.11 Å². The third-order valence-electron chi connectivity index (χ3n) is 2.52. The first-order chi connectivity index (χ1) is 9.11. The molecule has 0 aromatic heterocycles. The molecule has 2 rings (SSSR count). The summed E-state index contributed by atoms with van der Waals surface area (Å²) in [6, 6.07) is 8.90. The molecule has 2 aromatic rings. The fourth-order valence-corrected chi connectivity index (χ4v) is 2.16. The summed E-state index contributed by atoms with van der Waals surface area (Å²) in [4.78, 5) is 0. The maximum Gasteiger partial charge on any atom is 0.191 e. The molecule has 19 heavy (non-hydrogen) atoms. The number of halogens is 3. The minimum Gasteiger partial charge on any atom is -0.496 e. The molecule has 2 aromatic carbocycles. The highest BCUT2D eigenvalue weighted by Crippen LogP contribution is 2.27. The maximum absolute atomic E-state index is 13.4. The van der Waals surface area contributed by atoms with Gasteiger partial charge in [0.15, 0.2) is 17.4 Å². The van der Waals surface area contributed by atoms with Crippen LogP contribution >= 0.6 is 15.9 Å². The van der Waals surface area contributed by atoms with E-state index in [9.17, 15) is 8.78 Å². The number of hydrogen-bond donors (Lipinski definition) is 0. The lowest BCUT2D eigenvalue weighted by molar-refractivity contribution is 0.274. The topological polar surface area (TPSA) is 18.5 Å². The first kappa shape index (κ1) is 13.8. The molecule has 2 nitrogen and oxygen atoms in total. The monoisotopic (exact) mass is 328 g/mol. The van der Waals surface area contributed by atoms with Gasteiger partial charge in [0.25, 0.3) is 0 Å². The fourth-order valence-electron chi connectivity index (χ4n) is 1.58. The molecule has 0 saturated heterocycles.